The number of hydrogen-bond donors (Lipinski definition) is 3. The van der Waals surface area contributed by atoms with Crippen LogP contribution >= 0.6 is 0 Å². The van der Waals surface area contributed by atoms with Gasteiger partial charge in [0.05, 0.1) is 16.7 Å². The van der Waals surface area contributed by atoms with Gasteiger partial charge in [0.15, 0.2) is 0 Å². The van der Waals surface area contributed by atoms with Crippen LogP contribution in [0.2, 0.25) is 0 Å². The number of imidazole rings is 1. The fourth-order valence-electron chi connectivity index (χ4n) is 4.08. The Morgan fingerprint density at radius 2 is 2.00 bits per heavy atom. The maximum Gasteiger partial charge on any atom is 0.326 e. The largest absolute Gasteiger partial charge is 0.353 e. The molecule has 0 unspecified atom stereocenters. The quantitative estimate of drug-likeness (QED) is 0.503. The van der Waals surface area contributed by atoms with Crippen molar-refractivity contribution in [3.63, 3.8) is 0 Å². The van der Waals surface area contributed by atoms with Crippen LogP contribution in [0.4, 0.5) is 0 Å². The van der Waals surface area contributed by atoms with Crippen molar-refractivity contribution in [1.29, 1.82) is 0 Å². The molecule has 6 heteroatoms. The van der Waals surface area contributed by atoms with Crippen molar-refractivity contribution in [1.82, 2.24) is 24.7 Å². The second kappa shape index (κ2) is 4.63. The fraction of sp³-hybridized carbons (Fsp3) is 0.333. The smallest absolute Gasteiger partial charge is 0.326 e. The fourth-order valence-corrected chi connectivity index (χ4v) is 4.08. The van der Waals surface area contributed by atoms with Crippen molar-refractivity contribution in [2.24, 2.45) is 0 Å². The highest BCUT2D eigenvalue weighted by atomic mass is 16.1. The van der Waals surface area contributed by atoms with Gasteiger partial charge in [-0.3, -0.25) is 9.67 Å². The topological polar surface area (TPSA) is 82.3 Å². The Morgan fingerprint density at radius 3 is 2.83 bits per heavy atom. The number of benzene rings is 1. The molecule has 122 valence electrons. The Kier molecular flexibility index (Phi) is 2.63. The maximum absolute atomic E-state index is 12.1. The minimum atomic E-state index is -0.0449. The number of aromatic nitrogens is 5. The Bertz CT molecular complexity index is 1150. The number of aromatic amines is 3. The maximum atomic E-state index is 12.1. The van der Waals surface area contributed by atoms with Crippen LogP contribution < -0.4 is 5.69 Å². The van der Waals surface area contributed by atoms with E-state index in [4.69, 9.17) is 0 Å². The summed E-state index contributed by atoms with van der Waals surface area (Å²) >= 11 is 0. The van der Waals surface area contributed by atoms with Crippen LogP contribution in [0.1, 0.15) is 30.2 Å². The van der Waals surface area contributed by atoms with E-state index in [1.165, 1.54) is 16.5 Å². The van der Waals surface area contributed by atoms with Crippen LogP contribution in [-0.4, -0.2) is 24.7 Å². The van der Waals surface area contributed by atoms with Gasteiger partial charge in [0, 0.05) is 28.7 Å². The first-order valence-corrected chi connectivity index (χ1v) is 8.48. The zero-order chi connectivity index (χ0) is 16.4. The highest BCUT2D eigenvalue weighted by molar-refractivity contribution is 5.99. The molecule has 24 heavy (non-hydrogen) atoms. The van der Waals surface area contributed by atoms with E-state index in [1.54, 1.807) is 4.57 Å². The molecule has 1 aromatic carbocycles. The third kappa shape index (κ3) is 1.65. The molecule has 0 atom stereocenters. The summed E-state index contributed by atoms with van der Waals surface area (Å²) in [6.45, 7) is 4.75. The third-order valence-corrected chi connectivity index (χ3v) is 5.28. The van der Waals surface area contributed by atoms with Crippen molar-refractivity contribution in [3.05, 3.63) is 39.4 Å². The van der Waals surface area contributed by atoms with Gasteiger partial charge in [0.2, 0.25) is 0 Å². The summed E-state index contributed by atoms with van der Waals surface area (Å²) in [7, 11) is 0. The van der Waals surface area contributed by atoms with Gasteiger partial charge >= 0.3 is 5.69 Å². The number of hydrogen-bond acceptors (Lipinski definition) is 2. The van der Waals surface area contributed by atoms with Crippen molar-refractivity contribution < 1.29 is 0 Å². The molecule has 3 aromatic heterocycles. The van der Waals surface area contributed by atoms with Crippen LogP contribution in [-0.2, 0) is 19.4 Å². The van der Waals surface area contributed by atoms with Gasteiger partial charge in [-0.05, 0) is 50.8 Å². The summed E-state index contributed by atoms with van der Waals surface area (Å²) in [5.74, 6) is 0. The van der Waals surface area contributed by atoms with E-state index >= 15 is 0 Å². The molecule has 6 nitrogen and oxygen atoms in total. The zero-order valence-electron chi connectivity index (χ0n) is 13.8. The number of rotatable bonds is 1. The molecule has 5 rings (SSSR count). The van der Waals surface area contributed by atoms with Gasteiger partial charge in [-0.15, -0.1) is 0 Å². The Morgan fingerprint density at radius 1 is 1.17 bits per heavy atom. The molecule has 0 bridgehead atoms. The van der Waals surface area contributed by atoms with E-state index in [2.05, 4.69) is 33.2 Å². The standard InChI is InChI=1S/C18H19N5O/c1-3-23-15-7-12-11-6-4-5-10-9(2)21-22-17(10)16(11)19-13(12)8-14(15)20-18(23)24/h7-8,19H,3-6H2,1-2H3,(H,20,24)(H,21,22). The number of aryl methyl sites for hydroxylation is 3. The lowest BCUT2D eigenvalue weighted by Gasteiger charge is -2.01. The van der Waals surface area contributed by atoms with E-state index < -0.39 is 0 Å². The molecule has 3 N–H and O–H groups in total. The normalized spacial score (nSPS) is 14.1. The zero-order valence-corrected chi connectivity index (χ0v) is 13.8. The molecular weight excluding hydrogens is 302 g/mol. The Hall–Kier alpha value is -2.76. The van der Waals surface area contributed by atoms with Crippen molar-refractivity contribution >= 4 is 21.9 Å². The SMILES string of the molecule is CCn1c(=O)[nH]c2cc3[nH]c4c(c3cc21)CCCc1c-4n[nH]c1C. The van der Waals surface area contributed by atoms with Crippen LogP contribution in [0, 0.1) is 6.92 Å². The summed E-state index contributed by atoms with van der Waals surface area (Å²) in [5, 5.41) is 8.86. The molecule has 0 saturated heterocycles. The van der Waals surface area contributed by atoms with Crippen molar-refractivity contribution in [2.75, 3.05) is 0 Å². The summed E-state index contributed by atoms with van der Waals surface area (Å²) < 4.78 is 1.79. The molecule has 0 saturated carbocycles. The summed E-state index contributed by atoms with van der Waals surface area (Å²) in [6, 6.07) is 4.19. The molecule has 3 heterocycles. The first kappa shape index (κ1) is 13.7. The predicted molar refractivity (Wildman–Crippen MR) is 94.4 cm³/mol. The highest BCUT2D eigenvalue weighted by Crippen LogP contribution is 2.37. The average molecular weight is 321 g/mol. The highest BCUT2D eigenvalue weighted by Gasteiger charge is 2.23. The minimum absolute atomic E-state index is 0.0449. The van der Waals surface area contributed by atoms with E-state index in [9.17, 15) is 4.79 Å². The molecule has 1 aliphatic rings. The minimum Gasteiger partial charge on any atom is -0.353 e. The molecule has 1 aliphatic carbocycles. The molecule has 0 radical (unpaired) electrons. The molecule has 0 fully saturated rings. The molecular formula is C18H19N5O. The van der Waals surface area contributed by atoms with E-state index in [0.29, 0.717) is 6.54 Å². The van der Waals surface area contributed by atoms with E-state index in [1.807, 2.05) is 13.0 Å². The van der Waals surface area contributed by atoms with Crippen molar-refractivity contribution in [2.45, 2.75) is 39.7 Å². The lowest BCUT2D eigenvalue weighted by Crippen LogP contribution is -2.14. The van der Waals surface area contributed by atoms with Crippen LogP contribution in [0.5, 0.6) is 0 Å². The number of H-pyrrole nitrogens is 3. The number of nitrogens with one attached hydrogen (secondary N) is 3. The van der Waals surface area contributed by atoms with Crippen LogP contribution in [0.25, 0.3) is 33.3 Å². The summed E-state index contributed by atoms with van der Waals surface area (Å²) in [5.41, 5.74) is 8.83. The lowest BCUT2D eigenvalue weighted by atomic mass is 10.1. The first-order chi connectivity index (χ1) is 11.7. The van der Waals surface area contributed by atoms with Gasteiger partial charge in [-0.2, -0.15) is 5.10 Å². The molecule has 0 aliphatic heterocycles. The monoisotopic (exact) mass is 321 g/mol. The van der Waals surface area contributed by atoms with Gasteiger partial charge in [0.1, 0.15) is 5.69 Å². The van der Waals surface area contributed by atoms with E-state index in [0.717, 1.165) is 52.9 Å². The second-order valence-electron chi connectivity index (χ2n) is 6.60. The van der Waals surface area contributed by atoms with Crippen LogP contribution in [0.3, 0.4) is 0 Å². The first-order valence-electron chi connectivity index (χ1n) is 8.48. The van der Waals surface area contributed by atoms with Gasteiger partial charge in [-0.1, -0.05) is 0 Å². The summed E-state index contributed by atoms with van der Waals surface area (Å²) in [6.07, 6.45) is 3.18. The van der Waals surface area contributed by atoms with Crippen LogP contribution in [0.15, 0.2) is 16.9 Å². The molecule has 4 aromatic rings. The Balaban J connectivity index is 1.87. The third-order valence-electron chi connectivity index (χ3n) is 5.28. The Labute approximate surface area is 137 Å². The van der Waals surface area contributed by atoms with Gasteiger partial charge in [0.25, 0.3) is 0 Å². The molecule has 0 amide bonds. The van der Waals surface area contributed by atoms with E-state index in [-0.39, 0.29) is 5.69 Å². The average Bonchev–Trinajstić information content (AvgIpc) is 3.15. The predicted octanol–water partition coefficient (Wildman–Crippen LogP) is 3.02. The van der Waals surface area contributed by atoms with Gasteiger partial charge in [-0.25, -0.2) is 4.79 Å². The second-order valence-corrected chi connectivity index (χ2v) is 6.60. The number of fused-ring (bicyclic) bond motifs is 6. The summed E-state index contributed by atoms with van der Waals surface area (Å²) in [4.78, 5) is 18.6. The van der Waals surface area contributed by atoms with Crippen molar-refractivity contribution in [3.8, 4) is 11.4 Å². The van der Waals surface area contributed by atoms with Gasteiger partial charge < -0.3 is 9.97 Å². The lowest BCUT2D eigenvalue weighted by molar-refractivity contribution is 0.753. The molecule has 0 spiro atoms. The number of nitrogens with zero attached hydrogens (tertiary/aromatic N) is 2.